The average Bonchev–Trinajstić information content (AvgIpc) is 2.92. The fraction of sp³-hybridized carbons (Fsp3) is 0.286. The van der Waals surface area contributed by atoms with E-state index in [0.29, 0.717) is 12.5 Å². The molecule has 2 aromatic heterocycles. The maximum absolute atomic E-state index is 5.35. The minimum absolute atomic E-state index is 0.231. The van der Waals surface area contributed by atoms with Crippen LogP contribution in [0.3, 0.4) is 0 Å². The van der Waals surface area contributed by atoms with Gasteiger partial charge in [0.05, 0.1) is 11.4 Å². The normalized spacial score (nSPS) is 16.4. The lowest BCUT2D eigenvalue weighted by molar-refractivity contribution is 0.393. The number of hydrogen-bond donors (Lipinski definition) is 2. The monoisotopic (exact) mass is 361 g/mol. The Morgan fingerprint density at radius 1 is 1.22 bits per heavy atom. The highest BCUT2D eigenvalue weighted by Crippen LogP contribution is 2.33. The van der Waals surface area contributed by atoms with Crippen LogP contribution in [0.25, 0.3) is 16.7 Å². The summed E-state index contributed by atoms with van der Waals surface area (Å²) in [5.74, 6) is 1.46. The van der Waals surface area contributed by atoms with Gasteiger partial charge >= 0.3 is 0 Å². The van der Waals surface area contributed by atoms with Crippen molar-refractivity contribution in [2.45, 2.75) is 33.4 Å². The Balaban J connectivity index is 1.85. The van der Waals surface area contributed by atoms with Gasteiger partial charge in [-0.25, -0.2) is 9.97 Å². The van der Waals surface area contributed by atoms with Crippen LogP contribution in [-0.2, 0) is 6.54 Å². The molecule has 0 unspecified atom stereocenters. The maximum Gasteiger partial charge on any atom is 0.222 e. The Labute approximate surface area is 158 Å². The van der Waals surface area contributed by atoms with Crippen LogP contribution in [0.4, 0.5) is 5.95 Å². The van der Waals surface area contributed by atoms with Crippen LogP contribution in [0.5, 0.6) is 0 Å². The molecule has 1 aromatic carbocycles. The van der Waals surface area contributed by atoms with E-state index in [4.69, 9.17) is 4.52 Å². The number of hydrogen-bond acceptors (Lipinski definition) is 6. The Hall–Kier alpha value is -2.99. The van der Waals surface area contributed by atoms with Crippen molar-refractivity contribution in [3.63, 3.8) is 0 Å². The first-order valence-electron chi connectivity index (χ1n) is 9.09. The van der Waals surface area contributed by atoms with E-state index in [1.54, 1.807) is 0 Å². The van der Waals surface area contributed by atoms with Gasteiger partial charge in [-0.05, 0) is 43.5 Å². The van der Waals surface area contributed by atoms with Gasteiger partial charge in [0.15, 0.2) is 0 Å². The quantitative estimate of drug-likeness (QED) is 0.741. The first kappa shape index (κ1) is 17.4. The fourth-order valence-corrected chi connectivity index (χ4v) is 3.54. The molecule has 0 saturated heterocycles. The lowest BCUT2D eigenvalue weighted by atomic mass is 9.93. The van der Waals surface area contributed by atoms with Crippen molar-refractivity contribution in [3.05, 3.63) is 64.8 Å². The SMILES string of the molecule is CNc1ncc2c(n1)CN[C@H](C)C=C2c1cccc(-c2c(C)noc2C)c1. The van der Waals surface area contributed by atoms with Gasteiger partial charge in [0.1, 0.15) is 5.76 Å². The molecule has 2 N–H and O–H groups in total. The Bertz CT molecular complexity index is 1000. The molecule has 1 aliphatic rings. The third-order valence-electron chi connectivity index (χ3n) is 4.89. The van der Waals surface area contributed by atoms with Crippen molar-refractivity contribution >= 4 is 11.5 Å². The van der Waals surface area contributed by atoms with Crippen LogP contribution in [0, 0.1) is 13.8 Å². The van der Waals surface area contributed by atoms with Crippen molar-refractivity contribution in [2.24, 2.45) is 0 Å². The van der Waals surface area contributed by atoms with Crippen LogP contribution in [-0.4, -0.2) is 28.2 Å². The predicted molar refractivity (Wildman–Crippen MR) is 106 cm³/mol. The molecule has 0 bridgehead atoms. The Morgan fingerprint density at radius 2 is 2.04 bits per heavy atom. The highest BCUT2D eigenvalue weighted by atomic mass is 16.5. The molecular weight excluding hydrogens is 338 g/mol. The number of aromatic nitrogens is 3. The summed E-state index contributed by atoms with van der Waals surface area (Å²) in [6.45, 7) is 6.77. The Kier molecular flexibility index (Phi) is 4.49. The van der Waals surface area contributed by atoms with E-state index in [0.717, 1.165) is 45.0 Å². The van der Waals surface area contributed by atoms with Gasteiger partial charge in [-0.15, -0.1) is 0 Å². The molecule has 1 aliphatic heterocycles. The minimum Gasteiger partial charge on any atom is -0.361 e. The summed E-state index contributed by atoms with van der Waals surface area (Å²) in [7, 11) is 1.83. The van der Waals surface area contributed by atoms with E-state index in [1.165, 1.54) is 0 Å². The summed E-state index contributed by atoms with van der Waals surface area (Å²) in [6, 6.07) is 8.71. The van der Waals surface area contributed by atoms with E-state index < -0.39 is 0 Å². The standard InChI is InChI=1S/C21H23N5O/c1-12-8-17(18-10-24-21(22-4)25-19(18)11-23-12)15-6-5-7-16(9-15)20-13(2)26-27-14(20)3/h5-10,12,23H,11H2,1-4H3,(H,22,24,25)/t12-/m1/s1. The lowest BCUT2D eigenvalue weighted by Gasteiger charge is -2.12. The molecule has 0 aliphatic carbocycles. The second-order valence-corrected chi connectivity index (χ2v) is 6.83. The first-order chi connectivity index (χ1) is 13.1. The van der Waals surface area contributed by atoms with Gasteiger partial charge in [-0.3, -0.25) is 0 Å². The summed E-state index contributed by atoms with van der Waals surface area (Å²) in [5, 5.41) is 10.6. The van der Waals surface area contributed by atoms with Crippen molar-refractivity contribution in [1.29, 1.82) is 0 Å². The third-order valence-corrected chi connectivity index (χ3v) is 4.89. The van der Waals surface area contributed by atoms with Gasteiger partial charge in [0.25, 0.3) is 0 Å². The zero-order valence-electron chi connectivity index (χ0n) is 16.0. The van der Waals surface area contributed by atoms with Crippen LogP contribution in [0.2, 0.25) is 0 Å². The zero-order valence-corrected chi connectivity index (χ0v) is 16.0. The molecule has 138 valence electrons. The van der Waals surface area contributed by atoms with E-state index in [2.05, 4.69) is 63.0 Å². The largest absolute Gasteiger partial charge is 0.361 e. The number of benzene rings is 1. The molecule has 6 nitrogen and oxygen atoms in total. The van der Waals surface area contributed by atoms with Gasteiger partial charge in [-0.1, -0.05) is 29.4 Å². The predicted octanol–water partition coefficient (Wildman–Crippen LogP) is 3.71. The molecular formula is C21H23N5O. The lowest BCUT2D eigenvalue weighted by Crippen LogP contribution is -2.22. The summed E-state index contributed by atoms with van der Waals surface area (Å²) in [6.07, 6.45) is 4.14. The minimum atomic E-state index is 0.231. The van der Waals surface area contributed by atoms with Crippen molar-refractivity contribution in [1.82, 2.24) is 20.4 Å². The molecule has 3 aromatic rings. The van der Waals surface area contributed by atoms with Crippen LogP contribution < -0.4 is 10.6 Å². The summed E-state index contributed by atoms with van der Waals surface area (Å²) >= 11 is 0. The van der Waals surface area contributed by atoms with E-state index in [1.807, 2.05) is 27.1 Å². The zero-order chi connectivity index (χ0) is 19.0. The summed E-state index contributed by atoms with van der Waals surface area (Å²) < 4.78 is 5.35. The molecule has 3 heterocycles. The van der Waals surface area contributed by atoms with Crippen LogP contribution in [0.15, 0.2) is 41.1 Å². The maximum atomic E-state index is 5.35. The topological polar surface area (TPSA) is 75.9 Å². The van der Waals surface area contributed by atoms with Gasteiger partial charge in [0.2, 0.25) is 5.95 Å². The number of rotatable bonds is 3. The number of aryl methyl sites for hydroxylation is 2. The van der Waals surface area contributed by atoms with Crippen molar-refractivity contribution in [2.75, 3.05) is 12.4 Å². The smallest absolute Gasteiger partial charge is 0.222 e. The second kappa shape index (κ2) is 6.96. The molecule has 0 amide bonds. The molecule has 27 heavy (non-hydrogen) atoms. The summed E-state index contributed by atoms with van der Waals surface area (Å²) in [4.78, 5) is 9.09. The van der Waals surface area contributed by atoms with Gasteiger partial charge in [-0.2, -0.15) is 0 Å². The molecule has 6 heteroatoms. The molecule has 0 saturated carbocycles. The van der Waals surface area contributed by atoms with E-state index in [-0.39, 0.29) is 6.04 Å². The number of fused-ring (bicyclic) bond motifs is 1. The fourth-order valence-electron chi connectivity index (χ4n) is 3.54. The van der Waals surface area contributed by atoms with Gasteiger partial charge < -0.3 is 15.2 Å². The highest BCUT2D eigenvalue weighted by Gasteiger charge is 2.19. The summed E-state index contributed by atoms with van der Waals surface area (Å²) in [5.41, 5.74) is 7.37. The van der Waals surface area contributed by atoms with Crippen LogP contribution in [0.1, 0.15) is 35.2 Å². The number of anilines is 1. The molecule has 1 atom stereocenters. The van der Waals surface area contributed by atoms with Crippen molar-refractivity contribution in [3.8, 4) is 11.1 Å². The van der Waals surface area contributed by atoms with Crippen molar-refractivity contribution < 1.29 is 4.52 Å². The molecule has 4 rings (SSSR count). The Morgan fingerprint density at radius 3 is 2.78 bits per heavy atom. The first-order valence-corrected chi connectivity index (χ1v) is 9.09. The van der Waals surface area contributed by atoms with E-state index in [9.17, 15) is 0 Å². The third kappa shape index (κ3) is 3.24. The second-order valence-electron chi connectivity index (χ2n) is 6.83. The molecule has 0 spiro atoms. The molecule has 0 fully saturated rings. The van der Waals surface area contributed by atoms with Gasteiger partial charge in [0, 0.05) is 37.0 Å². The number of nitrogens with zero attached hydrogens (tertiary/aromatic N) is 3. The van der Waals surface area contributed by atoms with E-state index >= 15 is 0 Å². The molecule has 0 radical (unpaired) electrons. The highest BCUT2D eigenvalue weighted by molar-refractivity contribution is 5.84. The van der Waals surface area contributed by atoms with Crippen LogP contribution >= 0.6 is 0 Å². The number of nitrogens with one attached hydrogen (secondary N) is 2. The average molecular weight is 361 g/mol.